The fourth-order valence-electron chi connectivity index (χ4n) is 3.84. The van der Waals surface area contributed by atoms with E-state index in [-0.39, 0.29) is 18.1 Å². The molecule has 32 heavy (non-hydrogen) atoms. The van der Waals surface area contributed by atoms with Gasteiger partial charge < -0.3 is 20.4 Å². The van der Waals surface area contributed by atoms with Crippen LogP contribution in [0.3, 0.4) is 0 Å². The molecule has 7 nitrogen and oxygen atoms in total. The van der Waals surface area contributed by atoms with E-state index in [2.05, 4.69) is 15.3 Å². The molecule has 1 aromatic heterocycles. The molecule has 2 heterocycles. The van der Waals surface area contributed by atoms with Gasteiger partial charge in [0.2, 0.25) is 0 Å². The molecule has 0 bridgehead atoms. The van der Waals surface area contributed by atoms with Crippen molar-refractivity contribution >= 4 is 11.7 Å². The van der Waals surface area contributed by atoms with Crippen molar-refractivity contribution in [2.75, 3.05) is 24.5 Å². The summed E-state index contributed by atoms with van der Waals surface area (Å²) in [5.74, 6) is -0.215. The lowest BCUT2D eigenvalue weighted by atomic mass is 9.84. The minimum Gasteiger partial charge on any atom is -0.387 e. The lowest BCUT2D eigenvalue weighted by Gasteiger charge is -2.39. The highest BCUT2D eigenvalue weighted by atomic mass is 19.1. The van der Waals surface area contributed by atoms with E-state index in [1.54, 1.807) is 30.5 Å². The molecule has 3 aromatic rings. The van der Waals surface area contributed by atoms with E-state index in [1.165, 1.54) is 18.3 Å². The number of anilines is 1. The Balaban J connectivity index is 1.37. The van der Waals surface area contributed by atoms with Crippen molar-refractivity contribution in [3.8, 4) is 0 Å². The Kier molecular flexibility index (Phi) is 6.43. The maximum Gasteiger partial charge on any atom is 0.271 e. The summed E-state index contributed by atoms with van der Waals surface area (Å²) in [6.45, 7) is 1.09. The lowest BCUT2D eigenvalue weighted by molar-refractivity contribution is 0.0116. The van der Waals surface area contributed by atoms with Crippen molar-refractivity contribution < 1.29 is 19.4 Å². The maximum absolute atomic E-state index is 13.2. The Morgan fingerprint density at radius 1 is 1.09 bits per heavy atom. The third-order valence-corrected chi connectivity index (χ3v) is 5.79. The molecule has 1 atom stereocenters. The van der Waals surface area contributed by atoms with Gasteiger partial charge in [0.05, 0.1) is 24.1 Å². The molecular weight excluding hydrogens is 411 g/mol. The summed E-state index contributed by atoms with van der Waals surface area (Å²) in [5.41, 5.74) is 0.534. The molecule has 1 aliphatic heterocycles. The summed E-state index contributed by atoms with van der Waals surface area (Å²) >= 11 is 0. The highest BCUT2D eigenvalue weighted by Gasteiger charge is 2.34. The van der Waals surface area contributed by atoms with Gasteiger partial charge in [0, 0.05) is 19.6 Å². The molecule has 1 unspecified atom stereocenters. The molecule has 166 valence electrons. The van der Waals surface area contributed by atoms with E-state index >= 15 is 0 Å². The lowest BCUT2D eigenvalue weighted by Crippen LogP contribution is -2.43. The van der Waals surface area contributed by atoms with Crippen molar-refractivity contribution in [3.05, 3.63) is 89.6 Å². The Hall–Kier alpha value is -3.36. The molecule has 0 spiro atoms. The minimum absolute atomic E-state index is 0.0587. The molecule has 0 radical (unpaired) electrons. The SMILES string of the molecule is O=C(NCC(O)c1ccccc1)c1cncc(N2CCC(O)(c3ccc(F)cc3)CC2)n1. The monoisotopic (exact) mass is 436 g/mol. The zero-order valence-electron chi connectivity index (χ0n) is 17.5. The largest absolute Gasteiger partial charge is 0.387 e. The van der Waals surface area contributed by atoms with Gasteiger partial charge >= 0.3 is 0 Å². The van der Waals surface area contributed by atoms with Gasteiger partial charge in [-0.05, 0) is 36.1 Å². The predicted molar refractivity (Wildman–Crippen MR) is 118 cm³/mol. The van der Waals surface area contributed by atoms with E-state index < -0.39 is 17.6 Å². The van der Waals surface area contributed by atoms with Crippen molar-refractivity contribution in [2.24, 2.45) is 0 Å². The smallest absolute Gasteiger partial charge is 0.271 e. The average Bonchev–Trinajstić information content (AvgIpc) is 2.83. The minimum atomic E-state index is -1.03. The van der Waals surface area contributed by atoms with Crippen LogP contribution in [0.25, 0.3) is 0 Å². The van der Waals surface area contributed by atoms with Gasteiger partial charge in [0.15, 0.2) is 0 Å². The van der Waals surface area contributed by atoms with Gasteiger partial charge in [-0.25, -0.2) is 9.37 Å². The second kappa shape index (κ2) is 9.42. The van der Waals surface area contributed by atoms with Crippen molar-refractivity contribution in [2.45, 2.75) is 24.5 Å². The fraction of sp³-hybridized carbons (Fsp3) is 0.292. The van der Waals surface area contributed by atoms with Crippen molar-refractivity contribution in [1.29, 1.82) is 0 Å². The number of aliphatic hydroxyl groups excluding tert-OH is 1. The highest BCUT2D eigenvalue weighted by molar-refractivity contribution is 5.92. The van der Waals surface area contributed by atoms with Crippen LogP contribution in [-0.2, 0) is 5.60 Å². The number of carbonyl (C=O) groups is 1. The number of aliphatic hydroxyl groups is 2. The normalized spacial score (nSPS) is 16.4. The number of rotatable bonds is 6. The number of halogens is 1. The molecule has 1 aliphatic rings. The first-order valence-corrected chi connectivity index (χ1v) is 10.5. The summed E-state index contributed by atoms with van der Waals surface area (Å²) in [7, 11) is 0. The number of piperidine rings is 1. The van der Waals surface area contributed by atoms with Crippen molar-refractivity contribution in [3.63, 3.8) is 0 Å². The Morgan fingerprint density at radius 2 is 1.78 bits per heavy atom. The van der Waals surface area contributed by atoms with Crippen molar-refractivity contribution in [1.82, 2.24) is 15.3 Å². The van der Waals surface area contributed by atoms with Gasteiger partial charge in [0.25, 0.3) is 5.91 Å². The van der Waals surface area contributed by atoms with Gasteiger partial charge in [-0.1, -0.05) is 42.5 Å². The summed E-state index contributed by atoms with van der Waals surface area (Å²) < 4.78 is 13.2. The van der Waals surface area contributed by atoms with Gasteiger partial charge in [0.1, 0.15) is 17.3 Å². The average molecular weight is 436 g/mol. The Labute approximate surface area is 185 Å². The third kappa shape index (κ3) is 4.92. The van der Waals surface area contributed by atoms with Gasteiger partial charge in [-0.3, -0.25) is 9.78 Å². The molecule has 2 aromatic carbocycles. The quantitative estimate of drug-likeness (QED) is 0.549. The molecule has 1 fully saturated rings. The van der Waals surface area contributed by atoms with Crippen LogP contribution in [0.5, 0.6) is 0 Å². The number of nitrogens with zero attached hydrogens (tertiary/aromatic N) is 3. The number of amides is 1. The second-order valence-corrected chi connectivity index (χ2v) is 7.92. The number of nitrogens with one attached hydrogen (secondary N) is 1. The summed E-state index contributed by atoms with van der Waals surface area (Å²) in [5, 5.41) is 23.9. The molecule has 8 heteroatoms. The topological polar surface area (TPSA) is 98.6 Å². The first-order valence-electron chi connectivity index (χ1n) is 10.5. The van der Waals surface area contributed by atoms with Gasteiger partial charge in [-0.15, -0.1) is 0 Å². The number of carbonyl (C=O) groups excluding carboxylic acids is 1. The summed E-state index contributed by atoms with van der Waals surface area (Å²) in [4.78, 5) is 23.0. The highest BCUT2D eigenvalue weighted by Crippen LogP contribution is 2.34. The second-order valence-electron chi connectivity index (χ2n) is 7.92. The number of aromatic nitrogens is 2. The van der Waals surface area contributed by atoms with Crippen LogP contribution in [0.4, 0.5) is 10.2 Å². The van der Waals surface area contributed by atoms with Crippen LogP contribution in [0.1, 0.15) is 40.6 Å². The van der Waals surface area contributed by atoms with Crippen LogP contribution in [0.15, 0.2) is 67.0 Å². The number of benzene rings is 2. The van der Waals surface area contributed by atoms with E-state index in [4.69, 9.17) is 0 Å². The van der Waals surface area contributed by atoms with Crippen LogP contribution in [-0.4, -0.2) is 45.7 Å². The number of hydrogen-bond donors (Lipinski definition) is 3. The molecule has 3 N–H and O–H groups in total. The zero-order chi connectivity index (χ0) is 22.6. The van der Waals surface area contributed by atoms with Crippen LogP contribution >= 0.6 is 0 Å². The Morgan fingerprint density at radius 3 is 2.47 bits per heavy atom. The molecule has 0 aliphatic carbocycles. The van der Waals surface area contributed by atoms with E-state index in [0.717, 1.165) is 5.56 Å². The molecule has 1 amide bonds. The van der Waals surface area contributed by atoms with E-state index in [1.807, 2.05) is 23.1 Å². The summed E-state index contributed by atoms with van der Waals surface area (Å²) in [6.07, 6.45) is 3.03. The first-order chi connectivity index (χ1) is 15.4. The number of hydrogen-bond acceptors (Lipinski definition) is 6. The Bertz CT molecular complexity index is 1050. The van der Waals surface area contributed by atoms with E-state index in [0.29, 0.717) is 37.3 Å². The molecule has 4 rings (SSSR count). The van der Waals surface area contributed by atoms with Crippen LogP contribution < -0.4 is 10.2 Å². The predicted octanol–water partition coefficient (Wildman–Crippen LogP) is 2.57. The molecule has 1 saturated heterocycles. The standard InChI is InChI=1S/C24H25FN4O3/c25-19-8-6-18(7-9-19)24(32)10-12-29(13-11-24)22-16-26-14-20(28-22)23(31)27-15-21(30)17-4-2-1-3-5-17/h1-9,14,16,21,30,32H,10-13,15H2,(H,27,31). The summed E-state index contributed by atoms with van der Waals surface area (Å²) in [6, 6.07) is 15.0. The molecule has 0 saturated carbocycles. The zero-order valence-corrected chi connectivity index (χ0v) is 17.5. The van der Waals surface area contributed by atoms with Gasteiger partial charge in [-0.2, -0.15) is 0 Å². The van der Waals surface area contributed by atoms with Crippen LogP contribution in [0.2, 0.25) is 0 Å². The third-order valence-electron chi connectivity index (χ3n) is 5.79. The first kappa shape index (κ1) is 21.9. The maximum atomic E-state index is 13.2. The fourth-order valence-corrected chi connectivity index (χ4v) is 3.84. The van der Waals surface area contributed by atoms with E-state index in [9.17, 15) is 19.4 Å². The molecular formula is C24H25FN4O3. The van der Waals surface area contributed by atoms with Crippen LogP contribution in [0, 0.1) is 5.82 Å².